The SMILES string of the molecule is Cc1cccc2c1cc(C)n2[I-]I. The molecule has 0 radical (unpaired) electrons. The molecule has 13 heavy (non-hydrogen) atoms. The van der Waals surface area contributed by atoms with Crippen molar-refractivity contribution in [1.29, 1.82) is 0 Å². The zero-order valence-corrected chi connectivity index (χ0v) is 11.8. The maximum atomic E-state index is 2.51. The zero-order chi connectivity index (χ0) is 9.42. The van der Waals surface area contributed by atoms with E-state index < -0.39 is 0 Å². The van der Waals surface area contributed by atoms with Gasteiger partial charge in [-0.15, -0.1) is 0 Å². The molecule has 0 bridgehead atoms. The molecule has 1 heterocycles. The summed E-state index contributed by atoms with van der Waals surface area (Å²) in [6.45, 7) is 4.37. The van der Waals surface area contributed by atoms with Crippen molar-refractivity contribution in [1.82, 2.24) is 2.78 Å². The molecular weight excluding hydrogens is 388 g/mol. The van der Waals surface area contributed by atoms with E-state index in [1.165, 1.54) is 22.2 Å². The van der Waals surface area contributed by atoms with Gasteiger partial charge >= 0.3 is 99.2 Å². The van der Waals surface area contributed by atoms with Gasteiger partial charge < -0.3 is 0 Å². The van der Waals surface area contributed by atoms with Crippen LogP contribution in [0.2, 0.25) is 0 Å². The first-order valence-electron chi connectivity index (χ1n) is 4.08. The van der Waals surface area contributed by atoms with Crippen molar-refractivity contribution in [3.8, 4) is 0 Å². The van der Waals surface area contributed by atoms with E-state index in [4.69, 9.17) is 0 Å². The maximum absolute atomic E-state index is 2.51. The predicted octanol–water partition coefficient (Wildman–Crippen LogP) is 0.460. The first-order chi connectivity index (χ1) is 6.24. The average Bonchev–Trinajstić information content (AvgIpc) is 2.43. The van der Waals surface area contributed by atoms with Crippen LogP contribution in [0.4, 0.5) is 0 Å². The second kappa shape index (κ2) is 3.76. The van der Waals surface area contributed by atoms with Gasteiger partial charge in [0.05, 0.1) is 0 Å². The van der Waals surface area contributed by atoms with Crippen molar-refractivity contribution in [3.63, 3.8) is 0 Å². The monoisotopic (exact) mass is 398 g/mol. The van der Waals surface area contributed by atoms with Gasteiger partial charge in [-0.2, -0.15) is 0 Å². The minimum atomic E-state index is 0.0969. The fourth-order valence-corrected chi connectivity index (χ4v) is 5.86. The van der Waals surface area contributed by atoms with Crippen LogP contribution in [0.1, 0.15) is 11.3 Å². The molecule has 0 aliphatic rings. The number of aryl methyl sites for hydroxylation is 2. The Morgan fingerprint density at radius 3 is 2.77 bits per heavy atom. The number of benzene rings is 1. The topological polar surface area (TPSA) is 4.93 Å². The Morgan fingerprint density at radius 2 is 2.08 bits per heavy atom. The zero-order valence-electron chi connectivity index (χ0n) is 7.51. The van der Waals surface area contributed by atoms with E-state index in [-0.39, 0.29) is 17.5 Å². The van der Waals surface area contributed by atoms with E-state index in [0.29, 0.717) is 0 Å². The van der Waals surface area contributed by atoms with Gasteiger partial charge in [-0.1, -0.05) is 0 Å². The van der Waals surface area contributed by atoms with Crippen molar-refractivity contribution < 1.29 is 17.5 Å². The van der Waals surface area contributed by atoms with Crippen molar-refractivity contribution in [2.45, 2.75) is 13.8 Å². The van der Waals surface area contributed by atoms with Crippen LogP contribution in [0.5, 0.6) is 0 Å². The van der Waals surface area contributed by atoms with Crippen LogP contribution in [-0.4, -0.2) is 2.78 Å². The molecule has 0 amide bonds. The van der Waals surface area contributed by atoms with Gasteiger partial charge in [0, 0.05) is 0 Å². The number of halogens is 2. The van der Waals surface area contributed by atoms with E-state index in [1.807, 2.05) is 0 Å². The Labute approximate surface area is 98.3 Å². The molecule has 70 valence electrons. The molecule has 2 aromatic rings. The molecule has 1 aromatic heterocycles. The molecule has 0 saturated carbocycles. The second-order valence-electron chi connectivity index (χ2n) is 3.14. The fourth-order valence-electron chi connectivity index (χ4n) is 1.56. The fraction of sp³-hybridized carbons (Fsp3) is 0.200. The molecule has 0 unspecified atom stereocenters. The molecular formula is C10H10I2N-. The molecule has 3 heteroatoms. The van der Waals surface area contributed by atoms with Crippen LogP contribution in [0.3, 0.4) is 0 Å². The number of hydrogen-bond donors (Lipinski definition) is 0. The summed E-state index contributed by atoms with van der Waals surface area (Å²) in [7, 11) is 0. The van der Waals surface area contributed by atoms with E-state index >= 15 is 0 Å². The average molecular weight is 398 g/mol. The third kappa shape index (κ3) is 1.60. The molecule has 0 saturated heterocycles. The van der Waals surface area contributed by atoms with Crippen molar-refractivity contribution in [2.75, 3.05) is 0 Å². The van der Waals surface area contributed by atoms with Gasteiger partial charge in [0.1, 0.15) is 0 Å². The van der Waals surface area contributed by atoms with E-state index in [0.717, 1.165) is 0 Å². The minimum absolute atomic E-state index is 0.0969. The number of hydrogen-bond acceptors (Lipinski definition) is 0. The normalized spacial score (nSPS) is 11.3. The molecule has 0 aliphatic carbocycles. The van der Waals surface area contributed by atoms with Gasteiger partial charge in [0.15, 0.2) is 0 Å². The molecule has 1 aromatic carbocycles. The van der Waals surface area contributed by atoms with E-state index in [9.17, 15) is 0 Å². The summed E-state index contributed by atoms with van der Waals surface area (Å²) in [5.74, 6) is 0. The molecule has 1 nitrogen and oxygen atoms in total. The van der Waals surface area contributed by atoms with Crippen LogP contribution in [-0.2, 0) is 0 Å². The number of nitrogens with zero attached hydrogens (tertiary/aromatic N) is 1. The van der Waals surface area contributed by atoms with E-state index in [1.54, 1.807) is 0 Å². The Morgan fingerprint density at radius 1 is 1.31 bits per heavy atom. The Kier molecular flexibility index (Phi) is 2.83. The molecule has 0 fully saturated rings. The predicted molar refractivity (Wildman–Crippen MR) is 60.8 cm³/mol. The summed E-state index contributed by atoms with van der Waals surface area (Å²) in [5.41, 5.74) is 4.18. The Bertz CT molecular complexity index is 445. The van der Waals surface area contributed by atoms with E-state index in [2.05, 4.69) is 59.5 Å². The molecule has 0 spiro atoms. The van der Waals surface area contributed by atoms with Crippen molar-refractivity contribution in [3.05, 3.63) is 35.5 Å². The second-order valence-corrected chi connectivity index (χ2v) is 6.91. The summed E-state index contributed by atoms with van der Waals surface area (Å²) in [6.07, 6.45) is 0. The van der Waals surface area contributed by atoms with Gasteiger partial charge in [-0.25, -0.2) is 0 Å². The van der Waals surface area contributed by atoms with Gasteiger partial charge in [0.2, 0.25) is 0 Å². The van der Waals surface area contributed by atoms with Crippen LogP contribution >= 0.6 is 18.6 Å². The van der Waals surface area contributed by atoms with Crippen molar-refractivity contribution >= 4 is 29.5 Å². The number of rotatable bonds is 1. The third-order valence-electron chi connectivity index (χ3n) is 2.24. The van der Waals surface area contributed by atoms with Crippen LogP contribution in [0, 0.1) is 13.8 Å². The number of aromatic nitrogens is 1. The van der Waals surface area contributed by atoms with Crippen LogP contribution < -0.4 is 17.5 Å². The molecule has 0 atom stereocenters. The Hall–Kier alpha value is 0.220. The first-order valence-corrected chi connectivity index (χ1v) is 11.3. The summed E-state index contributed by atoms with van der Waals surface area (Å²) in [6, 6.07) is 8.83. The summed E-state index contributed by atoms with van der Waals surface area (Å²) >= 11 is 2.61. The third-order valence-corrected chi connectivity index (χ3v) is 6.33. The number of fused-ring (bicyclic) bond motifs is 1. The first kappa shape index (κ1) is 9.76. The molecule has 0 aliphatic heterocycles. The quantitative estimate of drug-likeness (QED) is 0.616. The molecule has 0 N–H and O–H groups in total. The van der Waals surface area contributed by atoms with Crippen LogP contribution in [0.25, 0.3) is 10.9 Å². The van der Waals surface area contributed by atoms with Gasteiger partial charge in [0.25, 0.3) is 0 Å². The van der Waals surface area contributed by atoms with Gasteiger partial charge in [-0.3, -0.25) is 0 Å². The summed E-state index contributed by atoms with van der Waals surface area (Å²) in [4.78, 5) is 0. The summed E-state index contributed by atoms with van der Waals surface area (Å²) in [5, 5.41) is 1.41. The van der Waals surface area contributed by atoms with Crippen LogP contribution in [0.15, 0.2) is 24.3 Å². The van der Waals surface area contributed by atoms with Crippen molar-refractivity contribution in [2.24, 2.45) is 0 Å². The standard InChI is InChI=1S/C10H10I2N/c1-7-4-3-5-10-9(7)6-8(2)13(10)12-11/h3-6H,1-2H3/q-1. The molecule has 2 rings (SSSR count). The summed E-state index contributed by atoms with van der Waals surface area (Å²) < 4.78 is 2.45. The Balaban J connectivity index is 2.86. The van der Waals surface area contributed by atoms with Gasteiger partial charge in [-0.05, 0) is 0 Å².